The van der Waals surface area contributed by atoms with Crippen molar-refractivity contribution in [3.63, 3.8) is 0 Å². The van der Waals surface area contributed by atoms with Gasteiger partial charge >= 0.3 is 0 Å². The van der Waals surface area contributed by atoms with Gasteiger partial charge < -0.3 is 5.11 Å². The van der Waals surface area contributed by atoms with Crippen LogP contribution < -0.4 is 0 Å². The number of benzene rings is 1. The van der Waals surface area contributed by atoms with Gasteiger partial charge in [-0.05, 0) is 54.7 Å². The molecule has 15 heavy (non-hydrogen) atoms. The lowest BCUT2D eigenvalue weighted by Crippen LogP contribution is -2.05. The molecule has 1 aromatic rings. The van der Waals surface area contributed by atoms with E-state index in [9.17, 15) is 0 Å². The Kier molecular flexibility index (Phi) is 3.42. The van der Waals surface area contributed by atoms with Crippen LogP contribution in [0.25, 0.3) is 0 Å². The highest BCUT2D eigenvalue weighted by Gasteiger charge is 2.11. The molecule has 1 nitrogen and oxygen atoms in total. The van der Waals surface area contributed by atoms with Crippen molar-refractivity contribution in [3.05, 3.63) is 34.9 Å². The summed E-state index contributed by atoms with van der Waals surface area (Å²) >= 11 is 0. The number of aliphatic hydroxyl groups excluding tert-OH is 1. The fourth-order valence-corrected chi connectivity index (χ4v) is 2.42. The molecule has 1 atom stereocenters. The first-order chi connectivity index (χ1) is 7.31. The highest BCUT2D eigenvalue weighted by molar-refractivity contribution is 5.35. The number of aliphatic hydroxyl groups is 1. The number of hydrogen-bond donors (Lipinski definition) is 1. The maximum atomic E-state index is 8.94. The van der Waals surface area contributed by atoms with Crippen LogP contribution in [0.3, 0.4) is 0 Å². The topological polar surface area (TPSA) is 20.2 Å². The molecule has 0 fully saturated rings. The van der Waals surface area contributed by atoms with E-state index < -0.39 is 0 Å². The summed E-state index contributed by atoms with van der Waals surface area (Å²) in [6.45, 7) is 2.49. The normalized spacial score (nSPS) is 17.2. The van der Waals surface area contributed by atoms with Crippen LogP contribution in [-0.4, -0.2) is 11.7 Å². The van der Waals surface area contributed by atoms with E-state index in [1.165, 1.54) is 31.2 Å². The van der Waals surface area contributed by atoms with Gasteiger partial charge in [0.15, 0.2) is 0 Å². The molecule has 2 rings (SSSR count). The Bertz CT molecular complexity index is 330. The van der Waals surface area contributed by atoms with Crippen molar-refractivity contribution < 1.29 is 5.11 Å². The number of aryl methyl sites for hydroxylation is 2. The van der Waals surface area contributed by atoms with Crippen LogP contribution in [0, 0.1) is 0 Å². The van der Waals surface area contributed by atoms with Gasteiger partial charge in [-0.25, -0.2) is 0 Å². The first-order valence-corrected chi connectivity index (χ1v) is 6.04. The Morgan fingerprint density at radius 2 is 1.93 bits per heavy atom. The second-order valence-electron chi connectivity index (χ2n) is 4.65. The number of rotatable bonds is 3. The van der Waals surface area contributed by atoms with Crippen molar-refractivity contribution in [2.75, 3.05) is 6.61 Å². The summed E-state index contributed by atoms with van der Waals surface area (Å²) < 4.78 is 0. The summed E-state index contributed by atoms with van der Waals surface area (Å²) in [5.74, 6) is 0.488. The van der Waals surface area contributed by atoms with Crippen molar-refractivity contribution in [2.45, 2.75) is 44.9 Å². The minimum atomic E-state index is 0.290. The lowest BCUT2D eigenvalue weighted by Gasteiger charge is -2.18. The molecular formula is C14H20O. The SMILES string of the molecule is CC(CCO)c1ccc2c(c1)CCCC2. The highest BCUT2D eigenvalue weighted by Crippen LogP contribution is 2.26. The molecule has 0 heterocycles. The van der Waals surface area contributed by atoms with Crippen LogP contribution in [0.4, 0.5) is 0 Å². The molecule has 0 aromatic heterocycles. The van der Waals surface area contributed by atoms with Crippen molar-refractivity contribution in [2.24, 2.45) is 0 Å². The van der Waals surface area contributed by atoms with Crippen molar-refractivity contribution in [3.8, 4) is 0 Å². The predicted molar refractivity (Wildman–Crippen MR) is 63.2 cm³/mol. The van der Waals surface area contributed by atoms with Gasteiger partial charge in [-0.3, -0.25) is 0 Å². The smallest absolute Gasteiger partial charge is 0.0436 e. The van der Waals surface area contributed by atoms with Crippen molar-refractivity contribution in [1.82, 2.24) is 0 Å². The average Bonchev–Trinajstić information content (AvgIpc) is 2.29. The Morgan fingerprint density at radius 3 is 2.67 bits per heavy atom. The van der Waals surface area contributed by atoms with E-state index in [1.807, 2.05) is 0 Å². The van der Waals surface area contributed by atoms with Crippen LogP contribution in [0.1, 0.15) is 48.8 Å². The van der Waals surface area contributed by atoms with E-state index >= 15 is 0 Å². The fourth-order valence-electron chi connectivity index (χ4n) is 2.42. The zero-order valence-electron chi connectivity index (χ0n) is 9.50. The zero-order chi connectivity index (χ0) is 10.7. The summed E-state index contributed by atoms with van der Waals surface area (Å²) in [7, 11) is 0. The Morgan fingerprint density at radius 1 is 1.20 bits per heavy atom. The van der Waals surface area contributed by atoms with Gasteiger partial charge in [0.1, 0.15) is 0 Å². The third-order valence-corrected chi connectivity index (χ3v) is 3.50. The largest absolute Gasteiger partial charge is 0.396 e. The molecule has 0 saturated heterocycles. The predicted octanol–water partition coefficient (Wildman–Crippen LogP) is 3.05. The van der Waals surface area contributed by atoms with Gasteiger partial charge in [0.25, 0.3) is 0 Å². The third kappa shape index (κ3) is 2.40. The Labute approximate surface area is 92.1 Å². The van der Waals surface area contributed by atoms with Crippen molar-refractivity contribution in [1.29, 1.82) is 0 Å². The van der Waals surface area contributed by atoms with Gasteiger partial charge in [-0.1, -0.05) is 25.1 Å². The van der Waals surface area contributed by atoms with E-state index in [4.69, 9.17) is 5.11 Å². The maximum absolute atomic E-state index is 8.94. The van der Waals surface area contributed by atoms with Crippen LogP contribution >= 0.6 is 0 Å². The first kappa shape index (κ1) is 10.7. The molecule has 0 saturated carbocycles. The van der Waals surface area contributed by atoms with Gasteiger partial charge in [0.05, 0.1) is 0 Å². The molecule has 0 aliphatic heterocycles. The molecule has 1 aliphatic carbocycles. The third-order valence-electron chi connectivity index (χ3n) is 3.50. The average molecular weight is 204 g/mol. The zero-order valence-corrected chi connectivity index (χ0v) is 9.50. The van der Waals surface area contributed by atoms with Crippen LogP contribution in [0.5, 0.6) is 0 Å². The van der Waals surface area contributed by atoms with E-state index in [0.29, 0.717) is 5.92 Å². The number of fused-ring (bicyclic) bond motifs is 1. The van der Waals surface area contributed by atoms with Gasteiger partial charge in [0.2, 0.25) is 0 Å². The summed E-state index contributed by atoms with van der Waals surface area (Å²) in [5.41, 5.74) is 4.48. The second kappa shape index (κ2) is 4.80. The van der Waals surface area contributed by atoms with E-state index in [2.05, 4.69) is 25.1 Å². The minimum Gasteiger partial charge on any atom is -0.396 e. The molecule has 1 heteroatoms. The van der Waals surface area contributed by atoms with Crippen LogP contribution in [-0.2, 0) is 12.8 Å². The Hall–Kier alpha value is -0.820. The molecule has 0 radical (unpaired) electrons. The molecule has 1 N–H and O–H groups in total. The summed E-state index contributed by atoms with van der Waals surface area (Å²) in [4.78, 5) is 0. The van der Waals surface area contributed by atoms with E-state index in [-0.39, 0.29) is 6.61 Å². The minimum absolute atomic E-state index is 0.290. The number of hydrogen-bond acceptors (Lipinski definition) is 1. The lowest BCUT2D eigenvalue weighted by molar-refractivity contribution is 0.278. The fraction of sp³-hybridized carbons (Fsp3) is 0.571. The lowest BCUT2D eigenvalue weighted by atomic mass is 9.87. The molecule has 0 bridgehead atoms. The van der Waals surface area contributed by atoms with Gasteiger partial charge in [0, 0.05) is 6.61 Å². The Balaban J connectivity index is 2.20. The molecule has 1 aromatic carbocycles. The maximum Gasteiger partial charge on any atom is 0.0436 e. The molecule has 82 valence electrons. The monoisotopic (exact) mass is 204 g/mol. The molecule has 0 spiro atoms. The van der Waals surface area contributed by atoms with Crippen LogP contribution in [0.2, 0.25) is 0 Å². The quantitative estimate of drug-likeness (QED) is 0.802. The molecule has 1 aliphatic rings. The highest BCUT2D eigenvalue weighted by atomic mass is 16.3. The first-order valence-electron chi connectivity index (χ1n) is 6.04. The second-order valence-corrected chi connectivity index (χ2v) is 4.65. The van der Waals surface area contributed by atoms with E-state index in [1.54, 1.807) is 11.1 Å². The van der Waals surface area contributed by atoms with Crippen LogP contribution in [0.15, 0.2) is 18.2 Å². The van der Waals surface area contributed by atoms with Crippen molar-refractivity contribution >= 4 is 0 Å². The molecule has 1 unspecified atom stereocenters. The summed E-state index contributed by atoms with van der Waals surface area (Å²) in [6.07, 6.45) is 6.06. The summed E-state index contributed by atoms with van der Waals surface area (Å²) in [6, 6.07) is 6.89. The van der Waals surface area contributed by atoms with Gasteiger partial charge in [-0.2, -0.15) is 0 Å². The van der Waals surface area contributed by atoms with Gasteiger partial charge in [-0.15, -0.1) is 0 Å². The summed E-state index contributed by atoms with van der Waals surface area (Å²) in [5, 5.41) is 8.94. The molecular weight excluding hydrogens is 184 g/mol. The standard InChI is InChI=1S/C14H20O/c1-11(8-9-15)13-7-6-12-4-2-3-5-14(12)10-13/h6-7,10-11,15H,2-5,8-9H2,1H3. The van der Waals surface area contributed by atoms with E-state index in [0.717, 1.165) is 6.42 Å². The molecule has 0 amide bonds.